The van der Waals surface area contributed by atoms with Gasteiger partial charge in [0.15, 0.2) is 5.78 Å². The lowest BCUT2D eigenvalue weighted by molar-refractivity contribution is -0.132. The van der Waals surface area contributed by atoms with Crippen molar-refractivity contribution in [2.75, 3.05) is 0 Å². The first-order chi connectivity index (χ1) is 12.6. The largest absolute Gasteiger partial charge is 0.485 e. The zero-order valence-corrected chi connectivity index (χ0v) is 13.8. The van der Waals surface area contributed by atoms with Crippen LogP contribution in [0.15, 0.2) is 41.0 Å². The molecule has 2 aliphatic rings. The Balaban J connectivity index is 1.63. The lowest BCUT2D eigenvalue weighted by Crippen LogP contribution is -2.47. The molecule has 2 aromatic rings. The highest BCUT2D eigenvalue weighted by Crippen LogP contribution is 2.34. The van der Waals surface area contributed by atoms with Gasteiger partial charge in [-0.05, 0) is 30.7 Å². The van der Waals surface area contributed by atoms with Crippen molar-refractivity contribution in [2.24, 2.45) is 0 Å². The lowest BCUT2D eigenvalue weighted by atomic mass is 9.92. The topological polar surface area (TPSA) is 93.9 Å². The Hall–Kier alpha value is -3.22. The Morgan fingerprint density at radius 3 is 2.65 bits per heavy atom. The fraction of sp³-hybridized carbons (Fsp3) is 0.263. The molecule has 26 heavy (non-hydrogen) atoms. The zero-order chi connectivity index (χ0) is 18.3. The summed E-state index contributed by atoms with van der Waals surface area (Å²) < 4.78 is 10.9. The van der Waals surface area contributed by atoms with Gasteiger partial charge in [0.2, 0.25) is 0 Å². The first-order valence-electron chi connectivity index (χ1n) is 8.27. The van der Waals surface area contributed by atoms with Crippen molar-refractivity contribution in [3.63, 3.8) is 0 Å². The number of furan rings is 1. The van der Waals surface area contributed by atoms with Crippen LogP contribution in [0, 0.1) is 0 Å². The second-order valence-corrected chi connectivity index (χ2v) is 6.26. The molecule has 0 N–H and O–H groups in total. The maximum atomic E-state index is 12.9. The molecule has 7 heteroatoms. The van der Waals surface area contributed by atoms with Crippen LogP contribution in [0.3, 0.4) is 0 Å². The van der Waals surface area contributed by atoms with Gasteiger partial charge in [0.05, 0.1) is 29.9 Å². The van der Waals surface area contributed by atoms with Crippen molar-refractivity contribution >= 4 is 23.4 Å². The van der Waals surface area contributed by atoms with Crippen molar-refractivity contribution < 1.29 is 28.3 Å². The number of carbonyl (C=O) groups is 4. The Morgan fingerprint density at radius 2 is 1.92 bits per heavy atom. The molecule has 1 saturated carbocycles. The molecule has 0 saturated heterocycles. The average molecular weight is 353 g/mol. The Labute approximate surface area is 148 Å². The maximum absolute atomic E-state index is 12.9. The number of Topliss-reactive ketones (excluding diaryl/α,β-unsaturated/α-hetero) is 2. The molecule has 0 bridgehead atoms. The number of rotatable bonds is 4. The summed E-state index contributed by atoms with van der Waals surface area (Å²) in [6, 6.07) is 7.33. The van der Waals surface area contributed by atoms with E-state index in [1.165, 1.54) is 12.3 Å². The molecular formula is C19H15NO6. The number of hydrogen-bond acceptors (Lipinski definition) is 6. The summed E-state index contributed by atoms with van der Waals surface area (Å²) >= 11 is 0. The van der Waals surface area contributed by atoms with Gasteiger partial charge in [-0.15, -0.1) is 0 Å². The normalized spacial score (nSPS) is 19.8. The summed E-state index contributed by atoms with van der Waals surface area (Å²) in [5.41, 5.74) is 0.352. The molecule has 1 fully saturated rings. The fourth-order valence-electron chi connectivity index (χ4n) is 3.35. The van der Waals surface area contributed by atoms with E-state index in [2.05, 4.69) is 0 Å². The van der Waals surface area contributed by atoms with Gasteiger partial charge in [-0.3, -0.25) is 24.1 Å². The predicted octanol–water partition coefficient (Wildman–Crippen LogP) is 2.15. The maximum Gasteiger partial charge on any atom is 0.266 e. The van der Waals surface area contributed by atoms with Gasteiger partial charge >= 0.3 is 0 Å². The first kappa shape index (κ1) is 16.3. The van der Waals surface area contributed by atoms with Gasteiger partial charge < -0.3 is 9.15 Å². The van der Waals surface area contributed by atoms with Crippen LogP contribution in [-0.4, -0.2) is 34.3 Å². The molecule has 1 atom stereocenters. The van der Waals surface area contributed by atoms with Crippen molar-refractivity contribution in [1.29, 1.82) is 0 Å². The number of hydrogen-bond donors (Lipinski definition) is 0. The quantitative estimate of drug-likeness (QED) is 0.617. The monoisotopic (exact) mass is 353 g/mol. The van der Waals surface area contributed by atoms with E-state index in [0.717, 1.165) is 4.90 Å². The molecule has 4 rings (SSSR count). The van der Waals surface area contributed by atoms with E-state index in [1.807, 2.05) is 0 Å². The van der Waals surface area contributed by atoms with Crippen molar-refractivity contribution in [1.82, 2.24) is 4.90 Å². The number of imide groups is 1. The number of ketones is 2. The summed E-state index contributed by atoms with van der Waals surface area (Å²) in [4.78, 5) is 50.2. The smallest absolute Gasteiger partial charge is 0.266 e. The van der Waals surface area contributed by atoms with E-state index in [0.29, 0.717) is 5.76 Å². The van der Waals surface area contributed by atoms with Gasteiger partial charge in [-0.25, -0.2) is 0 Å². The van der Waals surface area contributed by atoms with E-state index in [1.54, 1.807) is 24.3 Å². The molecule has 1 unspecified atom stereocenters. The van der Waals surface area contributed by atoms with Gasteiger partial charge in [-0.1, -0.05) is 6.07 Å². The summed E-state index contributed by atoms with van der Waals surface area (Å²) in [7, 11) is 0. The summed E-state index contributed by atoms with van der Waals surface area (Å²) in [6.45, 7) is 0.113. The third-order valence-corrected chi connectivity index (χ3v) is 4.61. The lowest BCUT2D eigenvalue weighted by Gasteiger charge is -2.27. The molecular weight excluding hydrogens is 338 g/mol. The molecule has 132 valence electrons. The molecule has 1 aliphatic carbocycles. The zero-order valence-electron chi connectivity index (χ0n) is 13.8. The summed E-state index contributed by atoms with van der Waals surface area (Å²) in [5.74, 6) is -0.802. The van der Waals surface area contributed by atoms with Crippen LogP contribution in [0.5, 0.6) is 5.75 Å². The first-order valence-corrected chi connectivity index (χ1v) is 8.27. The van der Waals surface area contributed by atoms with Crippen LogP contribution in [0.2, 0.25) is 0 Å². The highest BCUT2D eigenvalue weighted by Gasteiger charge is 2.45. The fourth-order valence-corrected chi connectivity index (χ4v) is 3.35. The number of amides is 2. The minimum Gasteiger partial charge on any atom is -0.485 e. The third-order valence-electron chi connectivity index (χ3n) is 4.61. The van der Waals surface area contributed by atoms with Crippen molar-refractivity contribution in [3.8, 4) is 5.75 Å². The summed E-state index contributed by atoms with van der Waals surface area (Å²) in [5, 5.41) is 0. The molecule has 2 amide bonds. The van der Waals surface area contributed by atoms with Crippen LogP contribution in [0.1, 0.15) is 45.7 Å². The van der Waals surface area contributed by atoms with E-state index >= 15 is 0 Å². The third kappa shape index (κ3) is 2.61. The Bertz CT molecular complexity index is 914. The number of fused-ring (bicyclic) bond motifs is 1. The molecule has 1 aromatic heterocycles. The van der Waals surface area contributed by atoms with Crippen LogP contribution in [0.4, 0.5) is 0 Å². The van der Waals surface area contributed by atoms with Crippen molar-refractivity contribution in [2.45, 2.75) is 31.9 Å². The Kier molecular flexibility index (Phi) is 3.91. The number of nitrogens with zero attached hydrogens (tertiary/aromatic N) is 1. The highest BCUT2D eigenvalue weighted by molar-refractivity contribution is 6.24. The molecule has 2 heterocycles. The van der Waals surface area contributed by atoms with Crippen LogP contribution in [0.25, 0.3) is 0 Å². The predicted molar refractivity (Wildman–Crippen MR) is 87.6 cm³/mol. The minimum atomic E-state index is -0.891. The van der Waals surface area contributed by atoms with Gasteiger partial charge in [0.1, 0.15) is 23.9 Å². The minimum absolute atomic E-state index is 0.113. The van der Waals surface area contributed by atoms with Gasteiger partial charge in [0, 0.05) is 6.42 Å². The number of carbonyl (C=O) groups excluding carboxylic acids is 4. The van der Waals surface area contributed by atoms with E-state index < -0.39 is 23.6 Å². The Morgan fingerprint density at radius 1 is 1.08 bits per heavy atom. The second kappa shape index (κ2) is 6.25. The SMILES string of the molecule is O=C1CCC(N2C(=O)c3cccc(OCc4ccco4)c3C2=O)C(=O)C1. The highest BCUT2D eigenvalue weighted by atomic mass is 16.5. The van der Waals surface area contributed by atoms with E-state index in [9.17, 15) is 19.2 Å². The van der Waals surface area contributed by atoms with E-state index in [4.69, 9.17) is 9.15 Å². The summed E-state index contributed by atoms with van der Waals surface area (Å²) in [6.07, 6.45) is 1.64. The average Bonchev–Trinajstić information content (AvgIpc) is 3.22. The number of ether oxygens (including phenoxy) is 1. The van der Waals surface area contributed by atoms with Crippen LogP contribution in [-0.2, 0) is 16.2 Å². The van der Waals surface area contributed by atoms with E-state index in [-0.39, 0.29) is 48.5 Å². The molecule has 0 spiro atoms. The number of benzene rings is 1. The van der Waals surface area contributed by atoms with Crippen molar-refractivity contribution in [3.05, 3.63) is 53.5 Å². The standard InChI is InChI=1S/C19H15NO6/c21-11-6-7-14(15(22)9-11)20-18(23)13-4-1-5-16(17(13)19(20)24)26-10-12-3-2-8-25-12/h1-5,8,14H,6-7,9-10H2. The molecule has 7 nitrogen and oxygen atoms in total. The van der Waals surface area contributed by atoms with Crippen LogP contribution >= 0.6 is 0 Å². The van der Waals surface area contributed by atoms with Gasteiger partial charge in [0.25, 0.3) is 11.8 Å². The molecule has 1 aliphatic heterocycles. The molecule has 1 aromatic carbocycles. The molecule has 0 radical (unpaired) electrons. The van der Waals surface area contributed by atoms with Gasteiger partial charge in [-0.2, -0.15) is 0 Å². The van der Waals surface area contributed by atoms with Crippen LogP contribution < -0.4 is 4.74 Å². The second-order valence-electron chi connectivity index (χ2n) is 6.26.